The van der Waals surface area contributed by atoms with E-state index in [4.69, 9.17) is 9.52 Å². The van der Waals surface area contributed by atoms with Crippen molar-refractivity contribution in [3.8, 4) is 22.9 Å². The molecule has 2 N–H and O–H groups in total. The highest BCUT2D eigenvalue weighted by Crippen LogP contribution is 2.29. The van der Waals surface area contributed by atoms with Gasteiger partial charge in [-0.05, 0) is 24.3 Å². The fourth-order valence-corrected chi connectivity index (χ4v) is 2.97. The molecule has 25 heavy (non-hydrogen) atoms. The van der Waals surface area contributed by atoms with Crippen LogP contribution in [-0.2, 0) is 0 Å². The third-order valence-corrected chi connectivity index (χ3v) is 4.49. The Morgan fingerprint density at radius 2 is 2.00 bits per heavy atom. The van der Waals surface area contributed by atoms with Gasteiger partial charge < -0.3 is 14.5 Å². The van der Waals surface area contributed by atoms with Crippen LogP contribution < -0.4 is 0 Å². The van der Waals surface area contributed by atoms with Gasteiger partial charge in [-0.3, -0.25) is 4.98 Å². The van der Waals surface area contributed by atoms with Crippen LogP contribution in [0.5, 0.6) is 0 Å². The first-order valence-corrected chi connectivity index (χ1v) is 8.55. The Bertz CT molecular complexity index is 1050. The number of pyridine rings is 1. The second-order valence-electron chi connectivity index (χ2n) is 5.41. The molecule has 124 valence electrons. The highest BCUT2D eigenvalue weighted by molar-refractivity contribution is 7.99. The van der Waals surface area contributed by atoms with Crippen molar-refractivity contribution >= 4 is 22.7 Å². The first-order valence-electron chi connectivity index (χ1n) is 7.56. The average Bonchev–Trinajstić information content (AvgIpc) is 3.29. The molecule has 4 rings (SSSR count). The van der Waals surface area contributed by atoms with Crippen LogP contribution in [0.1, 0.15) is 0 Å². The molecule has 0 aliphatic carbocycles. The first-order chi connectivity index (χ1) is 12.2. The number of aliphatic hydroxyl groups excluding tert-OH is 1. The summed E-state index contributed by atoms with van der Waals surface area (Å²) in [5, 5.41) is 18.9. The van der Waals surface area contributed by atoms with E-state index in [2.05, 4.69) is 26.7 Å². The normalized spacial score (nSPS) is 11.0. The molecule has 0 radical (unpaired) electrons. The number of hydrogen-bond donors (Lipinski definition) is 2. The van der Waals surface area contributed by atoms with E-state index in [1.807, 2.05) is 42.5 Å². The van der Waals surface area contributed by atoms with E-state index in [-0.39, 0.29) is 5.76 Å². The van der Waals surface area contributed by atoms with Crippen molar-refractivity contribution in [1.82, 2.24) is 20.2 Å². The van der Waals surface area contributed by atoms with Crippen LogP contribution in [0.2, 0.25) is 0 Å². The highest BCUT2D eigenvalue weighted by atomic mass is 32.2. The summed E-state index contributed by atoms with van der Waals surface area (Å²) >= 11 is 1.32. The zero-order valence-electron chi connectivity index (χ0n) is 13.1. The topological polar surface area (TPSA) is 87.8 Å². The molecule has 3 heterocycles. The zero-order valence-corrected chi connectivity index (χ0v) is 14.0. The van der Waals surface area contributed by atoms with Crippen LogP contribution >= 0.6 is 11.8 Å². The van der Waals surface area contributed by atoms with Crippen LogP contribution in [0.4, 0.5) is 0 Å². The maximum absolute atomic E-state index is 9.14. The lowest BCUT2D eigenvalue weighted by molar-refractivity contribution is 0.420. The SMILES string of the molecule is C=C(O)CSc1nnc(-c2ccc(-c3cnc4ccccc4c3)o2)[nH]1. The zero-order chi connectivity index (χ0) is 17.2. The molecule has 0 unspecified atom stereocenters. The van der Waals surface area contributed by atoms with Gasteiger partial charge in [0.05, 0.1) is 17.0 Å². The maximum Gasteiger partial charge on any atom is 0.197 e. The predicted octanol–water partition coefficient (Wildman–Crippen LogP) is 4.44. The van der Waals surface area contributed by atoms with E-state index in [1.54, 1.807) is 6.20 Å². The van der Waals surface area contributed by atoms with Gasteiger partial charge in [0.2, 0.25) is 0 Å². The molecular formula is C18H14N4O2S. The molecule has 3 aromatic heterocycles. The summed E-state index contributed by atoms with van der Waals surface area (Å²) in [6.45, 7) is 3.44. The minimum absolute atomic E-state index is 0.0899. The molecule has 0 saturated carbocycles. The number of nitrogens with one attached hydrogen (secondary N) is 1. The van der Waals surface area contributed by atoms with Crippen molar-refractivity contribution in [2.75, 3.05) is 5.75 Å². The van der Waals surface area contributed by atoms with Crippen molar-refractivity contribution in [3.63, 3.8) is 0 Å². The smallest absolute Gasteiger partial charge is 0.197 e. The molecule has 4 aromatic rings. The minimum Gasteiger partial charge on any atom is -0.512 e. The van der Waals surface area contributed by atoms with Crippen molar-refractivity contribution in [3.05, 3.63) is 61.0 Å². The molecule has 0 fully saturated rings. The molecule has 6 nitrogen and oxygen atoms in total. The van der Waals surface area contributed by atoms with E-state index < -0.39 is 0 Å². The molecule has 0 aliphatic rings. The predicted molar refractivity (Wildman–Crippen MR) is 97.3 cm³/mol. The maximum atomic E-state index is 9.14. The van der Waals surface area contributed by atoms with Crippen molar-refractivity contribution < 1.29 is 9.52 Å². The van der Waals surface area contributed by atoms with Gasteiger partial charge in [0.1, 0.15) is 5.76 Å². The molecule has 0 spiro atoms. The monoisotopic (exact) mass is 350 g/mol. The van der Waals surface area contributed by atoms with Crippen molar-refractivity contribution in [1.29, 1.82) is 0 Å². The van der Waals surface area contributed by atoms with Crippen LogP contribution in [0.15, 0.2) is 70.6 Å². The van der Waals surface area contributed by atoms with Crippen LogP contribution in [0.3, 0.4) is 0 Å². The third-order valence-electron chi connectivity index (χ3n) is 3.56. The number of aromatic nitrogens is 4. The molecular weight excluding hydrogens is 336 g/mol. The Kier molecular flexibility index (Phi) is 3.99. The second kappa shape index (κ2) is 6.45. The molecule has 0 aliphatic heterocycles. The Morgan fingerprint density at radius 3 is 2.88 bits per heavy atom. The largest absolute Gasteiger partial charge is 0.512 e. The fourth-order valence-electron chi connectivity index (χ4n) is 2.40. The summed E-state index contributed by atoms with van der Waals surface area (Å²) in [7, 11) is 0. The number of fused-ring (bicyclic) bond motifs is 1. The number of aromatic amines is 1. The van der Waals surface area contributed by atoms with Gasteiger partial charge in [0.25, 0.3) is 0 Å². The van der Waals surface area contributed by atoms with E-state index in [0.29, 0.717) is 28.3 Å². The van der Waals surface area contributed by atoms with Gasteiger partial charge in [0.15, 0.2) is 16.7 Å². The van der Waals surface area contributed by atoms with Crippen LogP contribution in [0.25, 0.3) is 33.8 Å². The van der Waals surface area contributed by atoms with Gasteiger partial charge in [-0.1, -0.05) is 36.5 Å². The summed E-state index contributed by atoms with van der Waals surface area (Å²) in [5.74, 6) is 2.28. The van der Waals surface area contributed by atoms with E-state index in [9.17, 15) is 0 Å². The quantitative estimate of drug-likeness (QED) is 0.408. The molecule has 0 saturated heterocycles. The number of aliphatic hydroxyl groups is 1. The van der Waals surface area contributed by atoms with Gasteiger partial charge in [0, 0.05) is 17.1 Å². The summed E-state index contributed by atoms with van der Waals surface area (Å²) in [6, 6.07) is 13.7. The number of rotatable bonds is 5. The Hall–Kier alpha value is -3.06. The number of hydrogen-bond acceptors (Lipinski definition) is 6. The van der Waals surface area contributed by atoms with Crippen LogP contribution in [-0.4, -0.2) is 31.0 Å². The number of nitrogens with zero attached hydrogens (tertiary/aromatic N) is 3. The average molecular weight is 350 g/mol. The molecule has 7 heteroatoms. The Morgan fingerprint density at radius 1 is 1.16 bits per heavy atom. The fraction of sp³-hybridized carbons (Fsp3) is 0.0556. The second-order valence-corrected chi connectivity index (χ2v) is 6.38. The summed E-state index contributed by atoms with van der Waals surface area (Å²) < 4.78 is 5.89. The van der Waals surface area contributed by atoms with E-state index in [0.717, 1.165) is 16.5 Å². The molecule has 0 amide bonds. The lowest BCUT2D eigenvalue weighted by atomic mass is 10.1. The number of H-pyrrole nitrogens is 1. The van der Waals surface area contributed by atoms with Gasteiger partial charge in [-0.25, -0.2) is 0 Å². The lowest BCUT2D eigenvalue weighted by Gasteiger charge is -2.00. The first kappa shape index (κ1) is 15.5. The van der Waals surface area contributed by atoms with Gasteiger partial charge >= 0.3 is 0 Å². The van der Waals surface area contributed by atoms with Crippen LogP contribution in [0, 0.1) is 0 Å². The molecule has 1 aromatic carbocycles. The summed E-state index contributed by atoms with van der Waals surface area (Å²) in [6.07, 6.45) is 1.79. The standard InChI is InChI=1S/C18H14N4O2S/c1-11(23)10-25-18-20-17(21-22-18)16-7-6-15(24-16)13-8-12-4-2-3-5-14(12)19-9-13/h2-9,23H,1,10H2,(H,20,21,22). The number of thioether (sulfide) groups is 1. The van der Waals surface area contributed by atoms with E-state index >= 15 is 0 Å². The molecule has 0 bridgehead atoms. The minimum atomic E-state index is 0.0899. The number of benzene rings is 1. The van der Waals surface area contributed by atoms with E-state index in [1.165, 1.54) is 11.8 Å². The number of para-hydroxylation sites is 1. The van der Waals surface area contributed by atoms with Gasteiger partial charge in [-0.15, -0.1) is 10.2 Å². The lowest BCUT2D eigenvalue weighted by Crippen LogP contribution is -1.83. The summed E-state index contributed by atoms with van der Waals surface area (Å²) in [5.41, 5.74) is 1.84. The van der Waals surface area contributed by atoms with Crippen molar-refractivity contribution in [2.45, 2.75) is 5.16 Å². The van der Waals surface area contributed by atoms with Gasteiger partial charge in [-0.2, -0.15) is 0 Å². The Balaban J connectivity index is 1.60. The molecule has 0 atom stereocenters. The van der Waals surface area contributed by atoms with Crippen molar-refractivity contribution in [2.24, 2.45) is 0 Å². The number of furan rings is 1. The highest BCUT2D eigenvalue weighted by Gasteiger charge is 2.12. The summed E-state index contributed by atoms with van der Waals surface area (Å²) in [4.78, 5) is 7.51. The third kappa shape index (κ3) is 3.27. The Labute approximate surface area is 147 Å².